The number of likely N-dealkylation sites (tertiary alicyclic amines) is 1. The van der Waals surface area contributed by atoms with Gasteiger partial charge in [0.15, 0.2) is 0 Å². The predicted molar refractivity (Wildman–Crippen MR) is 121 cm³/mol. The minimum atomic E-state index is 0.0670. The highest BCUT2D eigenvalue weighted by Gasteiger charge is 2.24. The Balaban J connectivity index is 1.32. The first-order valence-electron chi connectivity index (χ1n) is 10.8. The molecule has 1 saturated heterocycles. The summed E-state index contributed by atoms with van der Waals surface area (Å²) in [5.41, 5.74) is 2.94. The van der Waals surface area contributed by atoms with E-state index >= 15 is 0 Å². The van der Waals surface area contributed by atoms with Gasteiger partial charge in [-0.05, 0) is 55.5 Å². The smallest absolute Gasteiger partial charge is 0.270 e. The van der Waals surface area contributed by atoms with Crippen molar-refractivity contribution < 1.29 is 9.53 Å². The molecule has 1 aromatic heterocycles. The molecule has 1 fully saturated rings. The standard InChI is InChI=1S/C25H31N3O2/c1-27(25(29)23-16-21-10-3-5-11-22(21)26-23)17-19-8-7-14-28(18-19)15-13-20-9-4-6-12-24(20)30-2/h3-6,9-12,16,19,26H,7-8,13-15,17-18H2,1-2H3/t19-/m1/s1. The number of carbonyl (C=O) groups is 1. The van der Waals surface area contributed by atoms with Gasteiger partial charge in [-0.1, -0.05) is 36.4 Å². The number of benzene rings is 2. The molecule has 5 nitrogen and oxygen atoms in total. The van der Waals surface area contributed by atoms with Crippen LogP contribution in [0.4, 0.5) is 0 Å². The molecule has 1 aliphatic heterocycles. The second-order valence-electron chi connectivity index (χ2n) is 8.33. The highest BCUT2D eigenvalue weighted by Crippen LogP contribution is 2.22. The molecule has 1 aliphatic rings. The van der Waals surface area contributed by atoms with E-state index in [9.17, 15) is 4.79 Å². The number of fused-ring (bicyclic) bond motifs is 1. The van der Waals surface area contributed by atoms with Crippen molar-refractivity contribution >= 4 is 16.8 Å². The highest BCUT2D eigenvalue weighted by atomic mass is 16.5. The van der Waals surface area contributed by atoms with Crippen molar-refractivity contribution in [2.75, 3.05) is 40.3 Å². The zero-order valence-corrected chi connectivity index (χ0v) is 17.9. The van der Waals surface area contributed by atoms with Gasteiger partial charge in [0.25, 0.3) is 5.91 Å². The van der Waals surface area contributed by atoms with Crippen molar-refractivity contribution in [3.05, 3.63) is 65.9 Å². The van der Waals surface area contributed by atoms with Crippen molar-refractivity contribution in [2.24, 2.45) is 5.92 Å². The quantitative estimate of drug-likeness (QED) is 0.641. The number of hydrogen-bond donors (Lipinski definition) is 1. The average molecular weight is 406 g/mol. The Bertz CT molecular complexity index is 964. The van der Waals surface area contributed by atoms with Gasteiger partial charge in [-0.15, -0.1) is 0 Å². The van der Waals surface area contributed by atoms with Crippen molar-refractivity contribution in [3.8, 4) is 5.75 Å². The van der Waals surface area contributed by atoms with Crippen molar-refractivity contribution in [3.63, 3.8) is 0 Å². The first-order valence-corrected chi connectivity index (χ1v) is 10.8. The lowest BCUT2D eigenvalue weighted by Gasteiger charge is -2.34. The van der Waals surface area contributed by atoms with Crippen LogP contribution in [0.15, 0.2) is 54.6 Å². The minimum Gasteiger partial charge on any atom is -0.496 e. The van der Waals surface area contributed by atoms with E-state index < -0.39 is 0 Å². The maximum absolute atomic E-state index is 12.9. The number of hydrogen-bond acceptors (Lipinski definition) is 3. The lowest BCUT2D eigenvalue weighted by Crippen LogP contribution is -2.42. The number of carbonyl (C=O) groups excluding carboxylic acids is 1. The van der Waals surface area contributed by atoms with Crippen LogP contribution in [0, 0.1) is 5.92 Å². The molecule has 0 radical (unpaired) electrons. The Labute approximate surface area is 178 Å². The number of rotatable bonds is 7. The van der Waals surface area contributed by atoms with E-state index in [-0.39, 0.29) is 5.91 Å². The molecule has 30 heavy (non-hydrogen) atoms. The van der Waals surface area contributed by atoms with Crippen molar-refractivity contribution in [1.29, 1.82) is 0 Å². The summed E-state index contributed by atoms with van der Waals surface area (Å²) in [6.07, 6.45) is 3.35. The van der Waals surface area contributed by atoms with Crippen molar-refractivity contribution in [1.82, 2.24) is 14.8 Å². The third-order valence-electron chi connectivity index (χ3n) is 6.13. The molecular formula is C25H31N3O2. The number of H-pyrrole nitrogens is 1. The molecule has 4 rings (SSSR count). The molecule has 1 N–H and O–H groups in total. The zero-order valence-electron chi connectivity index (χ0n) is 17.9. The summed E-state index contributed by atoms with van der Waals surface area (Å²) in [6, 6.07) is 18.2. The van der Waals surface area contributed by atoms with Crippen LogP contribution in [0.25, 0.3) is 10.9 Å². The van der Waals surface area contributed by atoms with E-state index in [0.717, 1.165) is 49.3 Å². The fourth-order valence-corrected chi connectivity index (χ4v) is 4.56. The van der Waals surface area contributed by atoms with Crippen LogP contribution in [-0.4, -0.2) is 61.0 Å². The summed E-state index contributed by atoms with van der Waals surface area (Å²) in [5.74, 6) is 1.54. The van der Waals surface area contributed by atoms with Crippen LogP contribution in [0.2, 0.25) is 0 Å². The third-order valence-corrected chi connectivity index (χ3v) is 6.13. The molecule has 0 unspecified atom stereocenters. The molecule has 5 heteroatoms. The third kappa shape index (κ3) is 4.68. The number of ether oxygens (including phenoxy) is 1. The predicted octanol–water partition coefficient (Wildman–Crippen LogP) is 4.20. The maximum atomic E-state index is 12.9. The first-order chi connectivity index (χ1) is 14.6. The number of amides is 1. The van der Waals surface area contributed by atoms with E-state index in [2.05, 4.69) is 22.0 Å². The van der Waals surface area contributed by atoms with E-state index in [1.807, 2.05) is 54.4 Å². The van der Waals surface area contributed by atoms with Crippen LogP contribution >= 0.6 is 0 Å². The average Bonchev–Trinajstić information content (AvgIpc) is 3.22. The highest BCUT2D eigenvalue weighted by molar-refractivity contribution is 5.97. The van der Waals surface area contributed by atoms with Crippen LogP contribution < -0.4 is 4.74 Å². The number of aromatic nitrogens is 1. The van der Waals surface area contributed by atoms with Gasteiger partial charge in [-0.2, -0.15) is 0 Å². The van der Waals surface area contributed by atoms with Gasteiger partial charge in [0.1, 0.15) is 11.4 Å². The fourth-order valence-electron chi connectivity index (χ4n) is 4.56. The molecule has 1 atom stereocenters. The Morgan fingerprint density at radius 3 is 2.83 bits per heavy atom. The molecule has 0 spiro atoms. The summed E-state index contributed by atoms with van der Waals surface area (Å²) in [6.45, 7) is 3.99. The number of aromatic amines is 1. The van der Waals surface area contributed by atoms with E-state index in [4.69, 9.17) is 4.74 Å². The first kappa shape index (κ1) is 20.5. The fraction of sp³-hybridized carbons (Fsp3) is 0.400. The largest absolute Gasteiger partial charge is 0.496 e. The topological polar surface area (TPSA) is 48.6 Å². The number of para-hydroxylation sites is 2. The lowest BCUT2D eigenvalue weighted by molar-refractivity contribution is 0.0725. The molecule has 158 valence electrons. The van der Waals surface area contributed by atoms with Gasteiger partial charge in [0.2, 0.25) is 0 Å². The molecule has 2 heterocycles. The van der Waals surface area contributed by atoms with Gasteiger partial charge in [0, 0.05) is 37.6 Å². The molecular weight excluding hydrogens is 374 g/mol. The number of nitrogens with zero attached hydrogens (tertiary/aromatic N) is 2. The van der Waals surface area contributed by atoms with Crippen LogP contribution in [0.1, 0.15) is 28.9 Å². The lowest BCUT2D eigenvalue weighted by atomic mass is 9.97. The zero-order chi connectivity index (χ0) is 20.9. The van der Waals surface area contributed by atoms with Gasteiger partial charge >= 0.3 is 0 Å². The SMILES string of the molecule is COc1ccccc1CCN1CCC[C@H](CN(C)C(=O)c2cc3ccccc3[nH]2)C1. The van der Waals surface area contributed by atoms with Gasteiger partial charge in [-0.3, -0.25) is 4.79 Å². The number of methoxy groups -OCH3 is 1. The van der Waals surface area contributed by atoms with Gasteiger partial charge in [0.05, 0.1) is 7.11 Å². The van der Waals surface area contributed by atoms with E-state index in [1.54, 1.807) is 7.11 Å². The van der Waals surface area contributed by atoms with E-state index in [1.165, 1.54) is 18.4 Å². The molecule has 3 aromatic rings. The summed E-state index contributed by atoms with van der Waals surface area (Å²) in [7, 11) is 3.65. The minimum absolute atomic E-state index is 0.0670. The maximum Gasteiger partial charge on any atom is 0.270 e. The Morgan fingerprint density at radius 1 is 1.20 bits per heavy atom. The van der Waals surface area contributed by atoms with Crippen LogP contribution in [-0.2, 0) is 6.42 Å². The Morgan fingerprint density at radius 2 is 2.00 bits per heavy atom. The number of piperidine rings is 1. The van der Waals surface area contributed by atoms with E-state index in [0.29, 0.717) is 11.6 Å². The second-order valence-corrected chi connectivity index (χ2v) is 8.33. The molecule has 2 aromatic carbocycles. The van der Waals surface area contributed by atoms with Gasteiger partial charge < -0.3 is 19.5 Å². The van der Waals surface area contributed by atoms with Gasteiger partial charge in [-0.25, -0.2) is 0 Å². The summed E-state index contributed by atoms with van der Waals surface area (Å²) in [4.78, 5) is 20.6. The molecule has 0 bridgehead atoms. The monoisotopic (exact) mass is 405 g/mol. The molecule has 0 aliphatic carbocycles. The van der Waals surface area contributed by atoms with Crippen LogP contribution in [0.3, 0.4) is 0 Å². The van der Waals surface area contributed by atoms with Crippen molar-refractivity contribution in [2.45, 2.75) is 19.3 Å². The molecule has 0 saturated carbocycles. The normalized spacial score (nSPS) is 17.2. The second kappa shape index (κ2) is 9.35. The summed E-state index contributed by atoms with van der Waals surface area (Å²) < 4.78 is 5.48. The summed E-state index contributed by atoms with van der Waals surface area (Å²) in [5, 5.41) is 1.08. The molecule has 1 amide bonds. The van der Waals surface area contributed by atoms with Crippen LogP contribution in [0.5, 0.6) is 5.75 Å². The Hall–Kier alpha value is -2.79. The Kier molecular flexibility index (Phi) is 6.38. The number of nitrogens with one attached hydrogen (secondary N) is 1. The summed E-state index contributed by atoms with van der Waals surface area (Å²) >= 11 is 0.